The summed E-state index contributed by atoms with van der Waals surface area (Å²) in [6.07, 6.45) is 3.90. The van der Waals surface area contributed by atoms with Crippen LogP contribution < -0.4 is 10.6 Å². The number of pyridine rings is 2. The van der Waals surface area contributed by atoms with Crippen molar-refractivity contribution in [3.63, 3.8) is 0 Å². The number of carbonyl (C=O) groups excluding carboxylic acids is 2. The van der Waals surface area contributed by atoms with E-state index in [0.29, 0.717) is 29.4 Å². The average Bonchev–Trinajstić information content (AvgIpc) is 3.57. The van der Waals surface area contributed by atoms with E-state index in [1.165, 1.54) is 23.2 Å². The first kappa shape index (κ1) is 30.6. The molecule has 3 aliphatic rings. The van der Waals surface area contributed by atoms with E-state index < -0.39 is 49.8 Å². The molecule has 1 aromatic carbocycles. The van der Waals surface area contributed by atoms with Crippen molar-refractivity contribution in [1.82, 2.24) is 25.5 Å². The lowest BCUT2D eigenvalue weighted by Gasteiger charge is -2.44. The van der Waals surface area contributed by atoms with E-state index in [4.69, 9.17) is 11.6 Å². The van der Waals surface area contributed by atoms with E-state index in [1.54, 1.807) is 24.4 Å². The smallest absolute Gasteiger partial charge is 0.250 e. The second kappa shape index (κ2) is 11.2. The van der Waals surface area contributed by atoms with Crippen LogP contribution in [0.15, 0.2) is 58.2 Å². The molecule has 1 aliphatic carbocycles. The van der Waals surface area contributed by atoms with Gasteiger partial charge in [-0.15, -0.1) is 0 Å². The number of rotatable bonds is 7. The predicted octanol–water partition coefficient (Wildman–Crippen LogP) is 3.81. The summed E-state index contributed by atoms with van der Waals surface area (Å²) in [6, 6.07) is 10.3. The molecule has 3 aromatic rings. The number of nitriles is 1. The van der Waals surface area contributed by atoms with Gasteiger partial charge in [-0.25, -0.2) is 12.8 Å². The maximum atomic E-state index is 15.1. The molecule has 2 aliphatic heterocycles. The summed E-state index contributed by atoms with van der Waals surface area (Å²) >= 11 is 9.73. The lowest BCUT2D eigenvalue weighted by molar-refractivity contribution is -0.147. The van der Waals surface area contributed by atoms with Crippen molar-refractivity contribution in [3.05, 3.63) is 75.5 Å². The summed E-state index contributed by atoms with van der Waals surface area (Å²) in [4.78, 5) is 37.2. The number of halogens is 3. The van der Waals surface area contributed by atoms with Crippen molar-refractivity contribution < 1.29 is 22.4 Å². The van der Waals surface area contributed by atoms with Crippen LogP contribution in [0.4, 0.5) is 4.39 Å². The second-order valence-corrected chi connectivity index (χ2v) is 15.0. The number of aryl methyl sites for hydroxylation is 1. The lowest BCUT2D eigenvalue weighted by Crippen LogP contribution is -2.66. The largest absolute Gasteiger partial charge is 0.336 e. The van der Waals surface area contributed by atoms with E-state index in [1.807, 2.05) is 13.0 Å². The summed E-state index contributed by atoms with van der Waals surface area (Å²) in [5, 5.41) is 14.1. The molecule has 2 aromatic heterocycles. The lowest BCUT2D eigenvalue weighted by atomic mass is 9.82. The molecule has 0 radical (unpaired) electrons. The third-order valence-electron chi connectivity index (χ3n) is 8.56. The highest BCUT2D eigenvalue weighted by molar-refractivity contribution is 9.10. The highest BCUT2D eigenvalue weighted by Crippen LogP contribution is 2.41. The Kier molecular flexibility index (Phi) is 7.76. The monoisotopic (exact) mass is 700 g/mol. The minimum Gasteiger partial charge on any atom is -0.336 e. The zero-order chi connectivity index (χ0) is 31.4. The first-order valence-electron chi connectivity index (χ1n) is 14.0. The normalized spacial score (nSPS) is 23.8. The van der Waals surface area contributed by atoms with E-state index >= 15 is 4.39 Å². The van der Waals surface area contributed by atoms with Gasteiger partial charge in [-0.1, -0.05) is 17.7 Å². The fourth-order valence-corrected chi connectivity index (χ4v) is 8.40. The van der Waals surface area contributed by atoms with Crippen LogP contribution >= 0.6 is 27.5 Å². The van der Waals surface area contributed by atoms with Crippen LogP contribution in [0.1, 0.15) is 37.1 Å². The van der Waals surface area contributed by atoms with Gasteiger partial charge in [0.25, 0.3) is 0 Å². The maximum Gasteiger partial charge on any atom is 0.250 e. The molecule has 6 rings (SSSR count). The molecular weight excluding hydrogens is 675 g/mol. The highest BCUT2D eigenvalue weighted by atomic mass is 79.9. The number of hydrogen-bond donors (Lipinski definition) is 2. The zero-order valence-corrected chi connectivity index (χ0v) is 26.6. The summed E-state index contributed by atoms with van der Waals surface area (Å²) in [5.74, 6) is -2.02. The van der Waals surface area contributed by atoms with Gasteiger partial charge in [0.1, 0.15) is 28.6 Å². The molecule has 0 spiro atoms. The molecule has 2 amide bonds. The van der Waals surface area contributed by atoms with Crippen molar-refractivity contribution in [3.8, 4) is 17.2 Å². The molecule has 2 N–H and O–H groups in total. The Hall–Kier alpha value is -3.44. The van der Waals surface area contributed by atoms with Gasteiger partial charge in [0.15, 0.2) is 9.84 Å². The molecule has 2 saturated heterocycles. The predicted molar refractivity (Wildman–Crippen MR) is 162 cm³/mol. The number of carbonyl (C=O) groups is 2. The Morgan fingerprint density at radius 2 is 1.91 bits per heavy atom. The van der Waals surface area contributed by atoms with Crippen molar-refractivity contribution in [2.45, 2.75) is 59.9 Å². The van der Waals surface area contributed by atoms with Gasteiger partial charge in [-0.05, 0) is 96.5 Å². The van der Waals surface area contributed by atoms with Gasteiger partial charge < -0.3 is 10.2 Å². The van der Waals surface area contributed by atoms with E-state index in [-0.39, 0.29) is 35.0 Å². The summed E-state index contributed by atoms with van der Waals surface area (Å²) < 4.78 is 43.6. The Bertz CT molecular complexity index is 1840. The van der Waals surface area contributed by atoms with E-state index in [9.17, 15) is 23.3 Å². The number of benzene rings is 1. The standard InChI is InChI=1S/C30H27BrClFN6O4S/c1-17-10-19(4-8-35-17)18-2-3-25(22(32)11-18)44(42,43)21-13-24(27(40)38-29(16-34)5-6-29)39(15-21)28(41)30(7-9-37-30)26-23(33)12-20(31)14-36-26/h2-4,8,10-12,14,21,24,37H,5-7,9,13,15H2,1H3,(H,38,40)/t21-,24+,30?/m1/s1. The van der Waals surface area contributed by atoms with Crippen molar-refractivity contribution in [2.75, 3.05) is 13.1 Å². The van der Waals surface area contributed by atoms with Crippen LogP contribution in [0, 0.1) is 24.1 Å². The van der Waals surface area contributed by atoms with Gasteiger partial charge in [-0.3, -0.25) is 24.9 Å². The van der Waals surface area contributed by atoms with Gasteiger partial charge in [-0.2, -0.15) is 5.26 Å². The zero-order valence-electron chi connectivity index (χ0n) is 23.5. The van der Waals surface area contributed by atoms with Crippen LogP contribution in [-0.2, 0) is 25.0 Å². The van der Waals surface area contributed by atoms with Crippen LogP contribution in [-0.4, -0.2) is 65.0 Å². The van der Waals surface area contributed by atoms with Crippen molar-refractivity contribution in [1.29, 1.82) is 5.26 Å². The van der Waals surface area contributed by atoms with Gasteiger partial charge in [0.05, 0.1) is 21.2 Å². The van der Waals surface area contributed by atoms with Gasteiger partial charge >= 0.3 is 0 Å². The van der Waals surface area contributed by atoms with Crippen LogP contribution in [0.3, 0.4) is 0 Å². The molecule has 3 fully saturated rings. The minimum absolute atomic E-state index is 0.00224. The molecule has 1 unspecified atom stereocenters. The fraction of sp³-hybridized carbons (Fsp3) is 0.367. The first-order chi connectivity index (χ1) is 20.9. The molecule has 1 saturated carbocycles. The number of likely N-dealkylation sites (tertiary alicyclic amines) is 1. The molecule has 10 nitrogen and oxygen atoms in total. The number of nitrogens with zero attached hydrogens (tertiary/aromatic N) is 4. The Morgan fingerprint density at radius 3 is 2.50 bits per heavy atom. The molecule has 4 heterocycles. The number of hydrogen-bond acceptors (Lipinski definition) is 8. The summed E-state index contributed by atoms with van der Waals surface area (Å²) in [7, 11) is -4.16. The molecule has 3 atom stereocenters. The molecule has 228 valence electrons. The van der Waals surface area contributed by atoms with Gasteiger partial charge in [0.2, 0.25) is 11.8 Å². The van der Waals surface area contributed by atoms with Gasteiger partial charge in [0, 0.05) is 29.1 Å². The summed E-state index contributed by atoms with van der Waals surface area (Å²) in [5.41, 5.74) is -0.445. The van der Waals surface area contributed by atoms with Crippen LogP contribution in [0.2, 0.25) is 5.02 Å². The third-order valence-corrected chi connectivity index (χ3v) is 11.6. The van der Waals surface area contributed by atoms with Crippen LogP contribution in [0.5, 0.6) is 0 Å². The first-order valence-corrected chi connectivity index (χ1v) is 16.7. The topological polar surface area (TPSA) is 145 Å². The number of nitrogens with one attached hydrogen (secondary N) is 2. The molecule has 44 heavy (non-hydrogen) atoms. The molecule has 14 heteroatoms. The second-order valence-electron chi connectivity index (χ2n) is 11.5. The number of amides is 2. The highest BCUT2D eigenvalue weighted by Gasteiger charge is 2.56. The number of aromatic nitrogens is 2. The fourth-order valence-electron chi connectivity index (χ4n) is 5.85. The SMILES string of the molecule is Cc1cc(-c2ccc(S(=O)(=O)[C@@H]3C[C@@H](C(=O)NC4(C#N)CC4)N(C(=O)C4(c5ncc(Br)cc5F)CCN4)C3)c(Cl)c2)ccn1. The average molecular weight is 702 g/mol. The Morgan fingerprint density at radius 1 is 1.18 bits per heavy atom. The minimum atomic E-state index is -4.16. The third kappa shape index (κ3) is 5.27. The number of sulfone groups is 1. The van der Waals surface area contributed by atoms with E-state index in [0.717, 1.165) is 11.3 Å². The van der Waals surface area contributed by atoms with Crippen LogP contribution in [0.25, 0.3) is 11.1 Å². The Balaban J connectivity index is 1.34. The summed E-state index contributed by atoms with van der Waals surface area (Å²) in [6.45, 7) is 1.91. The Labute approximate surface area is 267 Å². The molecule has 0 bridgehead atoms. The van der Waals surface area contributed by atoms with E-state index in [2.05, 4.69) is 42.6 Å². The van der Waals surface area contributed by atoms with Crippen molar-refractivity contribution in [2.24, 2.45) is 0 Å². The maximum absolute atomic E-state index is 15.1. The quantitative estimate of drug-likeness (QED) is 0.379. The molecular formula is C30H27BrClFN6O4S. The van der Waals surface area contributed by atoms with Crippen molar-refractivity contribution >= 4 is 49.2 Å².